The monoisotopic (exact) mass is 356 g/mol. The molecule has 1 N–H and O–H groups in total. The van der Waals surface area contributed by atoms with E-state index in [0.29, 0.717) is 6.54 Å². The average Bonchev–Trinajstić information content (AvgIpc) is 3.46. The fourth-order valence-corrected chi connectivity index (χ4v) is 3.04. The van der Waals surface area contributed by atoms with Gasteiger partial charge in [0.05, 0.1) is 7.11 Å². The van der Waals surface area contributed by atoms with E-state index in [1.165, 1.54) is 12.1 Å². The summed E-state index contributed by atoms with van der Waals surface area (Å²) < 4.78 is 18.3. The minimum Gasteiger partial charge on any atom is -0.497 e. The lowest BCUT2D eigenvalue weighted by Crippen LogP contribution is -2.45. The van der Waals surface area contributed by atoms with Crippen molar-refractivity contribution in [3.63, 3.8) is 0 Å². The van der Waals surface area contributed by atoms with Crippen molar-refractivity contribution < 1.29 is 13.9 Å². The molecular weight excluding hydrogens is 331 g/mol. The number of carbonyl (C=O) groups excluding carboxylic acids is 1. The van der Waals surface area contributed by atoms with Gasteiger partial charge in [0.25, 0.3) is 0 Å². The highest BCUT2D eigenvalue weighted by Crippen LogP contribution is 2.28. The molecule has 1 aliphatic carbocycles. The van der Waals surface area contributed by atoms with Crippen LogP contribution in [-0.2, 0) is 13.0 Å². The number of carbonyl (C=O) groups is 1. The van der Waals surface area contributed by atoms with Crippen LogP contribution in [0.5, 0.6) is 5.75 Å². The summed E-state index contributed by atoms with van der Waals surface area (Å²) in [6.07, 6.45) is 2.79. The molecule has 0 spiro atoms. The lowest BCUT2D eigenvalue weighted by molar-refractivity contribution is 0.188. The molecule has 0 radical (unpaired) electrons. The van der Waals surface area contributed by atoms with Crippen LogP contribution in [0.15, 0.2) is 48.5 Å². The number of rotatable bonds is 7. The molecule has 4 nitrogen and oxygen atoms in total. The Morgan fingerprint density at radius 1 is 1.23 bits per heavy atom. The van der Waals surface area contributed by atoms with Crippen LogP contribution in [0.1, 0.15) is 30.9 Å². The molecule has 0 aromatic heterocycles. The fourth-order valence-electron chi connectivity index (χ4n) is 3.04. The van der Waals surface area contributed by atoms with Crippen molar-refractivity contribution in [3.8, 4) is 5.75 Å². The Bertz CT molecular complexity index is 744. The first kappa shape index (κ1) is 18.2. The predicted octanol–water partition coefficient (Wildman–Crippen LogP) is 4.14. The zero-order chi connectivity index (χ0) is 18.5. The lowest BCUT2D eigenvalue weighted by atomic mass is 10.1. The third-order valence-electron chi connectivity index (χ3n) is 4.56. The van der Waals surface area contributed by atoms with Crippen molar-refractivity contribution in [1.29, 1.82) is 0 Å². The molecule has 1 aliphatic rings. The van der Waals surface area contributed by atoms with Crippen molar-refractivity contribution in [2.24, 2.45) is 0 Å². The van der Waals surface area contributed by atoms with Crippen LogP contribution in [0.4, 0.5) is 9.18 Å². The Morgan fingerprint density at radius 2 is 1.96 bits per heavy atom. The maximum atomic E-state index is 13.1. The van der Waals surface area contributed by atoms with Gasteiger partial charge >= 0.3 is 6.03 Å². The smallest absolute Gasteiger partial charge is 0.318 e. The van der Waals surface area contributed by atoms with E-state index >= 15 is 0 Å². The van der Waals surface area contributed by atoms with Gasteiger partial charge in [-0.15, -0.1) is 0 Å². The molecule has 2 amide bonds. The number of ether oxygens (including phenoxy) is 1. The van der Waals surface area contributed by atoms with Crippen LogP contribution in [-0.4, -0.2) is 30.1 Å². The first-order valence-corrected chi connectivity index (χ1v) is 8.99. The van der Waals surface area contributed by atoms with Crippen LogP contribution in [0.25, 0.3) is 0 Å². The second-order valence-electron chi connectivity index (χ2n) is 6.89. The number of halogens is 1. The minimum absolute atomic E-state index is 0.00377. The molecule has 2 aromatic carbocycles. The van der Waals surface area contributed by atoms with Gasteiger partial charge in [0.2, 0.25) is 0 Å². The highest BCUT2D eigenvalue weighted by atomic mass is 19.1. The van der Waals surface area contributed by atoms with E-state index in [2.05, 4.69) is 5.32 Å². The van der Waals surface area contributed by atoms with Crippen molar-refractivity contribution in [2.45, 2.75) is 44.8 Å². The molecule has 1 saturated carbocycles. The number of urea groups is 1. The summed E-state index contributed by atoms with van der Waals surface area (Å²) >= 11 is 0. The van der Waals surface area contributed by atoms with Gasteiger partial charge in [-0.25, -0.2) is 9.18 Å². The Balaban J connectivity index is 1.59. The maximum absolute atomic E-state index is 13.1. The van der Waals surface area contributed by atoms with Crippen LogP contribution >= 0.6 is 0 Å². The Labute approximate surface area is 154 Å². The van der Waals surface area contributed by atoms with E-state index in [1.54, 1.807) is 19.2 Å². The van der Waals surface area contributed by atoms with Gasteiger partial charge in [-0.05, 0) is 61.6 Å². The van der Waals surface area contributed by atoms with Crippen LogP contribution in [0.3, 0.4) is 0 Å². The second-order valence-corrected chi connectivity index (χ2v) is 6.89. The van der Waals surface area contributed by atoms with Gasteiger partial charge in [-0.2, -0.15) is 0 Å². The molecule has 3 rings (SSSR count). The number of nitrogens with one attached hydrogen (secondary N) is 1. The van der Waals surface area contributed by atoms with Crippen LogP contribution < -0.4 is 10.1 Å². The van der Waals surface area contributed by atoms with Crippen molar-refractivity contribution in [3.05, 3.63) is 65.5 Å². The molecule has 0 saturated heterocycles. The molecule has 2 aromatic rings. The molecule has 1 atom stereocenters. The molecule has 0 bridgehead atoms. The van der Waals surface area contributed by atoms with Crippen LogP contribution in [0.2, 0.25) is 0 Å². The van der Waals surface area contributed by atoms with E-state index in [-0.39, 0.29) is 23.9 Å². The van der Waals surface area contributed by atoms with Crippen molar-refractivity contribution >= 4 is 6.03 Å². The molecule has 5 heteroatoms. The summed E-state index contributed by atoms with van der Waals surface area (Å²) in [5, 5.41) is 3.09. The lowest BCUT2D eigenvalue weighted by Gasteiger charge is -2.25. The van der Waals surface area contributed by atoms with Crippen LogP contribution in [0, 0.1) is 5.82 Å². The molecule has 26 heavy (non-hydrogen) atoms. The number of methoxy groups -OCH3 is 1. The minimum atomic E-state index is -0.261. The number of benzene rings is 2. The summed E-state index contributed by atoms with van der Waals surface area (Å²) in [5.74, 6) is 0.556. The highest BCUT2D eigenvalue weighted by Gasteiger charge is 2.33. The normalized spacial score (nSPS) is 14.6. The van der Waals surface area contributed by atoms with Crippen molar-refractivity contribution in [1.82, 2.24) is 10.2 Å². The van der Waals surface area contributed by atoms with Gasteiger partial charge in [0.15, 0.2) is 0 Å². The molecule has 1 fully saturated rings. The summed E-state index contributed by atoms with van der Waals surface area (Å²) in [6, 6.07) is 14.4. The third kappa shape index (κ3) is 4.97. The standard InChI is InChI=1S/C21H25FN2O2/c1-15(12-17-4-3-5-20(13-17)26-2)23-21(25)24(19-10-11-19)14-16-6-8-18(22)9-7-16/h3-9,13,15,19H,10-12,14H2,1-2H3,(H,23,25). The fraction of sp³-hybridized carbons (Fsp3) is 0.381. The van der Waals surface area contributed by atoms with E-state index in [0.717, 1.165) is 36.1 Å². The first-order valence-electron chi connectivity index (χ1n) is 8.99. The van der Waals surface area contributed by atoms with E-state index in [1.807, 2.05) is 36.1 Å². The summed E-state index contributed by atoms with van der Waals surface area (Å²) in [7, 11) is 1.65. The maximum Gasteiger partial charge on any atom is 0.318 e. The average molecular weight is 356 g/mol. The van der Waals surface area contributed by atoms with E-state index < -0.39 is 0 Å². The third-order valence-corrected chi connectivity index (χ3v) is 4.56. The first-order chi connectivity index (χ1) is 12.5. The van der Waals surface area contributed by atoms with Gasteiger partial charge in [-0.3, -0.25) is 0 Å². The molecule has 0 heterocycles. The van der Waals surface area contributed by atoms with Gasteiger partial charge in [0.1, 0.15) is 11.6 Å². The zero-order valence-electron chi connectivity index (χ0n) is 15.2. The predicted molar refractivity (Wildman–Crippen MR) is 99.7 cm³/mol. The summed E-state index contributed by atoms with van der Waals surface area (Å²) in [6.45, 7) is 2.50. The summed E-state index contributed by atoms with van der Waals surface area (Å²) in [5.41, 5.74) is 2.06. The molecule has 138 valence electrons. The SMILES string of the molecule is COc1cccc(CC(C)NC(=O)N(Cc2ccc(F)cc2)C2CC2)c1. The van der Waals surface area contributed by atoms with Crippen molar-refractivity contribution in [2.75, 3.05) is 7.11 Å². The number of hydrogen-bond acceptors (Lipinski definition) is 2. The molecule has 0 aliphatic heterocycles. The zero-order valence-corrected chi connectivity index (χ0v) is 15.2. The quantitative estimate of drug-likeness (QED) is 0.810. The van der Waals surface area contributed by atoms with Gasteiger partial charge in [-0.1, -0.05) is 24.3 Å². The molecule has 1 unspecified atom stereocenters. The number of nitrogens with zero attached hydrogens (tertiary/aromatic N) is 1. The van der Waals surface area contributed by atoms with E-state index in [4.69, 9.17) is 4.74 Å². The number of amides is 2. The largest absolute Gasteiger partial charge is 0.497 e. The highest BCUT2D eigenvalue weighted by molar-refractivity contribution is 5.75. The second kappa shape index (κ2) is 8.21. The van der Waals surface area contributed by atoms with E-state index in [9.17, 15) is 9.18 Å². The summed E-state index contributed by atoms with van der Waals surface area (Å²) in [4.78, 5) is 14.6. The number of hydrogen-bond donors (Lipinski definition) is 1. The Kier molecular flexibility index (Phi) is 5.76. The topological polar surface area (TPSA) is 41.6 Å². The Hall–Kier alpha value is -2.56. The van der Waals surface area contributed by atoms with Gasteiger partial charge in [0, 0.05) is 18.6 Å². The molecular formula is C21H25FN2O2. The Morgan fingerprint density at radius 3 is 2.62 bits per heavy atom. The van der Waals surface area contributed by atoms with Gasteiger partial charge < -0.3 is 15.0 Å².